The van der Waals surface area contributed by atoms with Gasteiger partial charge in [-0.25, -0.2) is 9.97 Å². The van der Waals surface area contributed by atoms with Crippen LogP contribution in [0.2, 0.25) is 5.02 Å². The minimum absolute atomic E-state index is 0.561. The van der Waals surface area contributed by atoms with Gasteiger partial charge in [0.2, 0.25) is 5.95 Å². The van der Waals surface area contributed by atoms with E-state index < -0.39 is 0 Å². The van der Waals surface area contributed by atoms with Gasteiger partial charge in [-0.2, -0.15) is 0 Å². The summed E-state index contributed by atoms with van der Waals surface area (Å²) in [5, 5.41) is 3.87. The molecule has 1 N–H and O–H groups in total. The lowest BCUT2D eigenvalue weighted by molar-refractivity contribution is 0.173. The van der Waals surface area contributed by atoms with Crippen LogP contribution in [0.1, 0.15) is 18.4 Å². The molecule has 0 bridgehead atoms. The van der Waals surface area contributed by atoms with E-state index in [9.17, 15) is 0 Å². The lowest BCUT2D eigenvalue weighted by Gasteiger charge is -2.32. The zero-order chi connectivity index (χ0) is 15.2. The van der Waals surface area contributed by atoms with Gasteiger partial charge in [0.1, 0.15) is 0 Å². The van der Waals surface area contributed by atoms with Gasteiger partial charge in [-0.05, 0) is 36.9 Å². The second kappa shape index (κ2) is 7.51. The van der Waals surface area contributed by atoms with Crippen molar-refractivity contribution in [1.29, 1.82) is 0 Å². The van der Waals surface area contributed by atoms with Crippen molar-refractivity contribution >= 4 is 17.5 Å². The molecule has 1 aliphatic heterocycles. The summed E-state index contributed by atoms with van der Waals surface area (Å²) in [6.07, 6.45) is 9.47. The normalized spacial score (nSPS) is 19.0. The Bertz CT molecular complexity index is 575. The Morgan fingerprint density at radius 1 is 1.27 bits per heavy atom. The number of piperidine rings is 1. The lowest BCUT2D eigenvalue weighted by Crippen LogP contribution is -2.37. The van der Waals surface area contributed by atoms with Gasteiger partial charge in [0.15, 0.2) is 0 Å². The van der Waals surface area contributed by atoms with E-state index in [4.69, 9.17) is 11.6 Å². The Morgan fingerprint density at radius 2 is 2.14 bits per heavy atom. The SMILES string of the molecule is Clc1cnc(NC[C@@H]2CCCN(Cc3cccnc3)C2)nc1. The Hall–Kier alpha value is -1.72. The molecule has 0 saturated carbocycles. The first-order chi connectivity index (χ1) is 10.8. The summed E-state index contributed by atoms with van der Waals surface area (Å²) in [4.78, 5) is 15.0. The third-order valence-corrected chi connectivity index (χ3v) is 4.10. The maximum atomic E-state index is 5.79. The number of halogens is 1. The molecule has 6 heteroatoms. The average Bonchev–Trinajstić information content (AvgIpc) is 2.56. The number of hydrogen-bond donors (Lipinski definition) is 1. The molecule has 0 radical (unpaired) electrons. The number of pyridine rings is 1. The average molecular weight is 318 g/mol. The summed E-state index contributed by atoms with van der Waals surface area (Å²) in [6.45, 7) is 4.12. The van der Waals surface area contributed by atoms with Gasteiger partial charge in [0.25, 0.3) is 0 Å². The number of anilines is 1. The van der Waals surface area contributed by atoms with Crippen molar-refractivity contribution in [3.8, 4) is 0 Å². The van der Waals surface area contributed by atoms with E-state index in [2.05, 4.69) is 31.2 Å². The molecule has 1 saturated heterocycles. The summed E-state index contributed by atoms with van der Waals surface area (Å²) in [6, 6.07) is 4.13. The van der Waals surface area contributed by atoms with Crippen molar-refractivity contribution in [3.05, 3.63) is 47.5 Å². The number of likely N-dealkylation sites (tertiary alicyclic amines) is 1. The molecule has 0 amide bonds. The van der Waals surface area contributed by atoms with Gasteiger partial charge in [-0.3, -0.25) is 9.88 Å². The van der Waals surface area contributed by atoms with Gasteiger partial charge in [-0.15, -0.1) is 0 Å². The molecule has 3 rings (SSSR count). The van der Waals surface area contributed by atoms with E-state index in [0.29, 0.717) is 16.9 Å². The van der Waals surface area contributed by atoms with Gasteiger partial charge in [-0.1, -0.05) is 17.7 Å². The molecular weight excluding hydrogens is 298 g/mol. The zero-order valence-corrected chi connectivity index (χ0v) is 13.2. The van der Waals surface area contributed by atoms with Crippen molar-refractivity contribution in [3.63, 3.8) is 0 Å². The summed E-state index contributed by atoms with van der Waals surface area (Å²) in [7, 11) is 0. The number of rotatable bonds is 5. The van der Waals surface area contributed by atoms with Crippen molar-refractivity contribution in [2.24, 2.45) is 5.92 Å². The second-order valence-corrected chi connectivity index (χ2v) is 6.15. The van der Waals surface area contributed by atoms with Crippen LogP contribution in [0, 0.1) is 5.92 Å². The molecule has 2 aromatic rings. The van der Waals surface area contributed by atoms with E-state index in [1.807, 2.05) is 18.5 Å². The molecule has 116 valence electrons. The minimum Gasteiger partial charge on any atom is -0.354 e. The van der Waals surface area contributed by atoms with Crippen LogP contribution in [-0.4, -0.2) is 39.5 Å². The zero-order valence-electron chi connectivity index (χ0n) is 12.5. The number of nitrogens with zero attached hydrogens (tertiary/aromatic N) is 4. The van der Waals surface area contributed by atoms with E-state index in [0.717, 1.165) is 26.2 Å². The van der Waals surface area contributed by atoms with Crippen LogP contribution in [0.4, 0.5) is 5.95 Å². The van der Waals surface area contributed by atoms with Gasteiger partial charge in [0, 0.05) is 32.0 Å². The van der Waals surface area contributed by atoms with Gasteiger partial charge in [0.05, 0.1) is 17.4 Å². The highest BCUT2D eigenvalue weighted by Gasteiger charge is 2.20. The smallest absolute Gasteiger partial charge is 0.222 e. The standard InChI is InChI=1S/C16H20ClN5/c17-15-9-20-16(21-10-15)19-8-14-4-2-6-22(12-14)11-13-3-1-5-18-7-13/h1,3,5,7,9-10,14H,2,4,6,8,11-12H2,(H,19,20,21)/t14-/m0/s1. The second-order valence-electron chi connectivity index (χ2n) is 5.71. The molecular formula is C16H20ClN5. The van der Waals surface area contributed by atoms with Crippen LogP contribution in [0.15, 0.2) is 36.9 Å². The highest BCUT2D eigenvalue weighted by Crippen LogP contribution is 2.18. The lowest BCUT2D eigenvalue weighted by atomic mass is 9.97. The fourth-order valence-corrected chi connectivity index (χ4v) is 2.95. The first-order valence-corrected chi connectivity index (χ1v) is 8.00. The number of nitrogens with one attached hydrogen (secondary N) is 1. The fourth-order valence-electron chi connectivity index (χ4n) is 2.85. The maximum Gasteiger partial charge on any atom is 0.222 e. The van der Waals surface area contributed by atoms with E-state index in [1.54, 1.807) is 12.4 Å². The quantitative estimate of drug-likeness (QED) is 0.919. The monoisotopic (exact) mass is 317 g/mol. The van der Waals surface area contributed by atoms with Crippen LogP contribution >= 0.6 is 11.6 Å². The van der Waals surface area contributed by atoms with Crippen LogP contribution in [0.5, 0.6) is 0 Å². The Kier molecular flexibility index (Phi) is 5.19. The van der Waals surface area contributed by atoms with Gasteiger partial charge >= 0.3 is 0 Å². The summed E-state index contributed by atoms with van der Waals surface area (Å²) in [5.74, 6) is 1.26. The van der Waals surface area contributed by atoms with E-state index in [1.165, 1.54) is 18.4 Å². The minimum atomic E-state index is 0.561. The molecule has 5 nitrogen and oxygen atoms in total. The number of aromatic nitrogens is 3. The van der Waals surface area contributed by atoms with Crippen molar-refractivity contribution < 1.29 is 0 Å². The summed E-state index contributed by atoms with van der Waals surface area (Å²) >= 11 is 5.79. The highest BCUT2D eigenvalue weighted by molar-refractivity contribution is 6.30. The Morgan fingerprint density at radius 3 is 2.91 bits per heavy atom. The Balaban J connectivity index is 1.49. The predicted octanol–water partition coefficient (Wildman–Crippen LogP) is 2.85. The molecule has 1 atom stereocenters. The summed E-state index contributed by atoms with van der Waals surface area (Å²) < 4.78 is 0. The third kappa shape index (κ3) is 4.39. The molecule has 1 fully saturated rings. The largest absolute Gasteiger partial charge is 0.354 e. The van der Waals surface area contributed by atoms with Crippen LogP contribution in [-0.2, 0) is 6.54 Å². The molecule has 1 aliphatic rings. The van der Waals surface area contributed by atoms with E-state index >= 15 is 0 Å². The molecule has 0 spiro atoms. The van der Waals surface area contributed by atoms with Crippen LogP contribution < -0.4 is 5.32 Å². The first kappa shape index (κ1) is 15.2. The molecule has 2 aromatic heterocycles. The third-order valence-electron chi connectivity index (χ3n) is 3.90. The van der Waals surface area contributed by atoms with Crippen LogP contribution in [0.25, 0.3) is 0 Å². The molecule has 0 aliphatic carbocycles. The molecule has 3 heterocycles. The van der Waals surface area contributed by atoms with Crippen molar-refractivity contribution in [1.82, 2.24) is 19.9 Å². The highest BCUT2D eigenvalue weighted by atomic mass is 35.5. The van der Waals surface area contributed by atoms with E-state index in [-0.39, 0.29) is 0 Å². The van der Waals surface area contributed by atoms with Crippen molar-refractivity contribution in [2.45, 2.75) is 19.4 Å². The van der Waals surface area contributed by atoms with Crippen LogP contribution in [0.3, 0.4) is 0 Å². The summed E-state index contributed by atoms with van der Waals surface area (Å²) in [5.41, 5.74) is 1.28. The van der Waals surface area contributed by atoms with Crippen molar-refractivity contribution in [2.75, 3.05) is 25.0 Å². The Labute approximate surface area is 135 Å². The van der Waals surface area contributed by atoms with Gasteiger partial charge < -0.3 is 5.32 Å². The predicted molar refractivity (Wildman–Crippen MR) is 87.8 cm³/mol. The molecule has 0 unspecified atom stereocenters. The fraction of sp³-hybridized carbons (Fsp3) is 0.438. The number of hydrogen-bond acceptors (Lipinski definition) is 5. The topological polar surface area (TPSA) is 53.9 Å². The first-order valence-electron chi connectivity index (χ1n) is 7.62. The maximum absolute atomic E-state index is 5.79. The molecule has 0 aromatic carbocycles. The molecule has 22 heavy (non-hydrogen) atoms.